The number of para-hydroxylation sites is 1. The SMILES string of the molecule is O=C(O)C=Cc1ccccc1Oc1ncccc1NC(=O)Nc1ccc(OC(F)(F)F)cc1. The Bertz CT molecular complexity index is 1160. The highest BCUT2D eigenvalue weighted by Crippen LogP contribution is 2.30. The van der Waals surface area contributed by atoms with Gasteiger partial charge in [0.2, 0.25) is 5.88 Å². The molecular weight excluding hydrogens is 443 g/mol. The van der Waals surface area contributed by atoms with Gasteiger partial charge in [0.15, 0.2) is 0 Å². The van der Waals surface area contributed by atoms with Crippen LogP contribution in [0.5, 0.6) is 17.4 Å². The summed E-state index contributed by atoms with van der Waals surface area (Å²) in [5, 5.41) is 13.8. The van der Waals surface area contributed by atoms with E-state index in [9.17, 15) is 22.8 Å². The number of hydrogen-bond acceptors (Lipinski definition) is 5. The number of aromatic nitrogens is 1. The van der Waals surface area contributed by atoms with Gasteiger partial charge in [-0.1, -0.05) is 18.2 Å². The van der Waals surface area contributed by atoms with Crippen LogP contribution in [0.4, 0.5) is 29.3 Å². The zero-order chi connectivity index (χ0) is 23.8. The minimum absolute atomic E-state index is 0.0396. The molecule has 1 heterocycles. The number of pyridine rings is 1. The summed E-state index contributed by atoms with van der Waals surface area (Å²) in [4.78, 5) is 27.2. The lowest BCUT2D eigenvalue weighted by Crippen LogP contribution is -2.20. The van der Waals surface area contributed by atoms with Crippen LogP contribution in [-0.4, -0.2) is 28.5 Å². The Balaban J connectivity index is 1.70. The number of benzene rings is 2. The second-order valence-corrected chi connectivity index (χ2v) is 6.32. The Labute approximate surface area is 185 Å². The quantitative estimate of drug-likeness (QED) is 0.402. The third-order valence-corrected chi connectivity index (χ3v) is 3.90. The fraction of sp³-hybridized carbons (Fsp3) is 0.0455. The molecule has 0 radical (unpaired) electrons. The molecule has 0 saturated heterocycles. The average Bonchev–Trinajstić information content (AvgIpc) is 2.75. The van der Waals surface area contributed by atoms with Gasteiger partial charge in [0.05, 0.1) is 0 Å². The summed E-state index contributed by atoms with van der Waals surface area (Å²) in [7, 11) is 0. The van der Waals surface area contributed by atoms with Gasteiger partial charge in [0.25, 0.3) is 0 Å². The van der Waals surface area contributed by atoms with Crippen molar-refractivity contribution in [3.05, 3.63) is 78.5 Å². The molecule has 0 fully saturated rings. The van der Waals surface area contributed by atoms with Crippen molar-refractivity contribution in [3.8, 4) is 17.4 Å². The molecule has 33 heavy (non-hydrogen) atoms. The number of carboxylic acid groups (broad SMARTS) is 1. The van der Waals surface area contributed by atoms with Gasteiger partial charge >= 0.3 is 18.4 Å². The van der Waals surface area contributed by atoms with E-state index in [1.807, 2.05) is 0 Å². The van der Waals surface area contributed by atoms with E-state index in [-0.39, 0.29) is 17.3 Å². The lowest BCUT2D eigenvalue weighted by molar-refractivity contribution is -0.274. The fourth-order valence-electron chi connectivity index (χ4n) is 2.57. The number of alkyl halides is 3. The molecule has 3 N–H and O–H groups in total. The molecule has 3 rings (SSSR count). The molecule has 0 aliphatic carbocycles. The number of anilines is 2. The van der Waals surface area contributed by atoms with Crippen LogP contribution >= 0.6 is 0 Å². The van der Waals surface area contributed by atoms with Gasteiger partial charge < -0.3 is 25.2 Å². The lowest BCUT2D eigenvalue weighted by Gasteiger charge is -2.13. The molecule has 8 nitrogen and oxygen atoms in total. The van der Waals surface area contributed by atoms with Crippen molar-refractivity contribution >= 4 is 29.5 Å². The van der Waals surface area contributed by atoms with E-state index in [4.69, 9.17) is 9.84 Å². The standard InChI is InChI=1S/C22H16F3N3O5/c23-22(24,25)33-16-10-8-15(9-11-16)27-21(31)28-17-5-3-13-26-20(17)32-18-6-2-1-4-14(18)7-12-19(29)30/h1-13H,(H,29,30)(H2,27,28,31). The molecule has 0 saturated carbocycles. The maximum atomic E-state index is 12.4. The van der Waals surface area contributed by atoms with Crippen molar-refractivity contribution in [2.75, 3.05) is 10.6 Å². The topological polar surface area (TPSA) is 110 Å². The summed E-state index contributed by atoms with van der Waals surface area (Å²) in [6.45, 7) is 0. The van der Waals surface area contributed by atoms with E-state index < -0.39 is 24.1 Å². The predicted octanol–water partition coefficient (Wildman–Crippen LogP) is 5.51. The van der Waals surface area contributed by atoms with Crippen molar-refractivity contribution < 1.29 is 37.3 Å². The van der Waals surface area contributed by atoms with Crippen LogP contribution in [0, 0.1) is 0 Å². The summed E-state index contributed by atoms with van der Waals surface area (Å²) in [5.41, 5.74) is 0.892. The molecule has 0 aliphatic heterocycles. The van der Waals surface area contributed by atoms with Crippen LogP contribution in [0.25, 0.3) is 6.08 Å². The first kappa shape index (κ1) is 23.1. The smallest absolute Gasteiger partial charge is 0.478 e. The van der Waals surface area contributed by atoms with Crippen molar-refractivity contribution in [1.29, 1.82) is 0 Å². The molecule has 2 aromatic carbocycles. The number of carbonyl (C=O) groups is 2. The van der Waals surface area contributed by atoms with Crippen LogP contribution in [0.15, 0.2) is 72.9 Å². The fourth-order valence-corrected chi connectivity index (χ4v) is 2.57. The highest BCUT2D eigenvalue weighted by molar-refractivity contribution is 6.00. The van der Waals surface area contributed by atoms with E-state index in [0.717, 1.165) is 18.2 Å². The Morgan fingerprint density at radius 1 is 0.970 bits per heavy atom. The number of halogens is 3. The zero-order valence-electron chi connectivity index (χ0n) is 16.7. The van der Waals surface area contributed by atoms with Crippen molar-refractivity contribution in [2.24, 2.45) is 0 Å². The number of nitrogens with one attached hydrogen (secondary N) is 2. The average molecular weight is 459 g/mol. The van der Waals surface area contributed by atoms with Crippen LogP contribution < -0.4 is 20.1 Å². The summed E-state index contributed by atoms with van der Waals surface area (Å²) in [6.07, 6.45) is -1.07. The normalized spacial score (nSPS) is 11.1. The Kier molecular flexibility index (Phi) is 7.13. The Morgan fingerprint density at radius 3 is 2.39 bits per heavy atom. The monoisotopic (exact) mass is 459 g/mol. The minimum Gasteiger partial charge on any atom is -0.478 e. The maximum absolute atomic E-state index is 12.4. The van der Waals surface area contributed by atoms with E-state index in [2.05, 4.69) is 20.4 Å². The molecule has 0 spiro atoms. The van der Waals surface area contributed by atoms with Gasteiger partial charge in [-0.2, -0.15) is 0 Å². The van der Waals surface area contributed by atoms with Crippen LogP contribution in [0.3, 0.4) is 0 Å². The Morgan fingerprint density at radius 2 is 1.70 bits per heavy atom. The van der Waals surface area contributed by atoms with Gasteiger partial charge in [-0.25, -0.2) is 14.6 Å². The van der Waals surface area contributed by atoms with E-state index in [1.54, 1.807) is 30.3 Å². The van der Waals surface area contributed by atoms with Crippen molar-refractivity contribution in [1.82, 2.24) is 4.98 Å². The van der Waals surface area contributed by atoms with Crippen LogP contribution in [0.2, 0.25) is 0 Å². The summed E-state index contributed by atoms with van der Waals surface area (Å²) < 4.78 is 46.3. The number of aliphatic carboxylic acids is 1. The number of carboxylic acids is 1. The molecule has 0 atom stereocenters. The van der Waals surface area contributed by atoms with Gasteiger partial charge in [-0.15, -0.1) is 13.2 Å². The molecule has 1 aromatic heterocycles. The largest absolute Gasteiger partial charge is 0.573 e. The van der Waals surface area contributed by atoms with Gasteiger partial charge in [-0.3, -0.25) is 0 Å². The number of carbonyl (C=O) groups excluding carboxylic acids is 1. The molecule has 11 heteroatoms. The Hall–Kier alpha value is -4.54. The molecule has 2 amide bonds. The van der Waals surface area contributed by atoms with E-state index in [0.29, 0.717) is 11.3 Å². The number of nitrogens with zero attached hydrogens (tertiary/aromatic N) is 1. The number of amides is 2. The van der Waals surface area contributed by atoms with Crippen LogP contribution in [0.1, 0.15) is 5.56 Å². The van der Waals surface area contributed by atoms with Gasteiger partial charge in [0, 0.05) is 23.5 Å². The number of urea groups is 1. The van der Waals surface area contributed by atoms with Crippen LogP contribution in [-0.2, 0) is 4.79 Å². The van der Waals surface area contributed by atoms with Gasteiger partial charge in [0.1, 0.15) is 17.2 Å². The summed E-state index contributed by atoms with van der Waals surface area (Å²) in [5.74, 6) is -1.21. The third-order valence-electron chi connectivity index (χ3n) is 3.90. The number of hydrogen-bond donors (Lipinski definition) is 3. The van der Waals surface area contributed by atoms with E-state index >= 15 is 0 Å². The zero-order valence-corrected chi connectivity index (χ0v) is 16.7. The molecule has 0 unspecified atom stereocenters. The lowest BCUT2D eigenvalue weighted by atomic mass is 10.2. The highest BCUT2D eigenvalue weighted by atomic mass is 19.4. The minimum atomic E-state index is -4.81. The second-order valence-electron chi connectivity index (χ2n) is 6.32. The third kappa shape index (κ3) is 7.28. The number of rotatable bonds is 7. The molecule has 170 valence electrons. The second kappa shape index (κ2) is 10.2. The molecule has 0 aliphatic rings. The number of ether oxygens (including phenoxy) is 2. The maximum Gasteiger partial charge on any atom is 0.573 e. The van der Waals surface area contributed by atoms with E-state index in [1.165, 1.54) is 30.5 Å². The van der Waals surface area contributed by atoms with Gasteiger partial charge in [-0.05, 0) is 48.5 Å². The highest BCUT2D eigenvalue weighted by Gasteiger charge is 2.31. The molecule has 0 bridgehead atoms. The first-order valence-corrected chi connectivity index (χ1v) is 9.26. The molecular formula is C22H16F3N3O5. The summed E-state index contributed by atoms with van der Waals surface area (Å²) in [6, 6.07) is 13.6. The first-order valence-electron chi connectivity index (χ1n) is 9.26. The molecule has 3 aromatic rings. The first-order chi connectivity index (χ1) is 15.7. The predicted molar refractivity (Wildman–Crippen MR) is 113 cm³/mol. The summed E-state index contributed by atoms with van der Waals surface area (Å²) >= 11 is 0. The van der Waals surface area contributed by atoms with Crippen molar-refractivity contribution in [3.63, 3.8) is 0 Å². The van der Waals surface area contributed by atoms with Crippen molar-refractivity contribution in [2.45, 2.75) is 6.36 Å².